The Balaban J connectivity index is 1.40. The van der Waals surface area contributed by atoms with Crippen LogP contribution in [0.3, 0.4) is 0 Å². The molecule has 0 spiro atoms. The molecule has 0 aliphatic carbocycles. The zero-order valence-electron chi connectivity index (χ0n) is 15.4. The van der Waals surface area contributed by atoms with Gasteiger partial charge in [-0.15, -0.1) is 0 Å². The zero-order valence-corrected chi connectivity index (χ0v) is 17.8. The largest absolute Gasteiger partial charge is 0.489 e. The Bertz CT molecular complexity index is 1480. The predicted molar refractivity (Wildman–Crippen MR) is 118 cm³/mol. The van der Waals surface area contributed by atoms with E-state index in [1.165, 1.54) is 23.5 Å². The molecule has 0 amide bonds. The average molecular weight is 482 g/mol. The number of ether oxygens (including phenoxy) is 1. The Morgan fingerprint density at radius 2 is 1.90 bits per heavy atom. The highest BCUT2D eigenvalue weighted by atomic mass is 79.9. The van der Waals surface area contributed by atoms with Crippen LogP contribution in [0.4, 0.5) is 4.39 Å². The molecule has 8 heteroatoms. The molecule has 0 bridgehead atoms. The van der Waals surface area contributed by atoms with Crippen molar-refractivity contribution in [3.63, 3.8) is 0 Å². The van der Waals surface area contributed by atoms with Crippen molar-refractivity contribution in [1.29, 1.82) is 0 Å². The molecule has 148 valence electrons. The maximum absolute atomic E-state index is 13.0. The molecule has 3 heterocycles. The molecule has 3 aromatic heterocycles. The van der Waals surface area contributed by atoms with Crippen molar-refractivity contribution in [2.24, 2.45) is 0 Å². The number of hydrogen-bond acceptors (Lipinski definition) is 5. The standard InChI is InChI=1S/C22H13BrFN3O2S/c23-15-10-18-20(25-11-15)27-21(28)19(30-22(27)26-18)9-13-3-7-17(8-4-13)29-12-14-1-5-16(24)6-2-14/h1-11H,12H2/b19-9-. The van der Waals surface area contributed by atoms with E-state index in [2.05, 4.69) is 25.9 Å². The van der Waals surface area contributed by atoms with Crippen LogP contribution < -0.4 is 14.8 Å². The van der Waals surface area contributed by atoms with Gasteiger partial charge in [-0.3, -0.25) is 4.79 Å². The number of rotatable bonds is 4. The summed E-state index contributed by atoms with van der Waals surface area (Å²) in [5.41, 5.74) is 2.87. The van der Waals surface area contributed by atoms with Gasteiger partial charge in [0, 0.05) is 10.7 Å². The quantitative estimate of drug-likeness (QED) is 0.383. The van der Waals surface area contributed by atoms with Gasteiger partial charge in [-0.05, 0) is 63.5 Å². The minimum atomic E-state index is -0.269. The molecule has 0 aliphatic rings. The molecule has 0 fully saturated rings. The topological polar surface area (TPSA) is 56.5 Å². The summed E-state index contributed by atoms with van der Waals surface area (Å²) in [5.74, 6) is 0.426. The molecular formula is C22H13BrFN3O2S. The molecule has 2 aromatic carbocycles. The fourth-order valence-corrected chi connectivity index (χ4v) is 4.37. The lowest BCUT2D eigenvalue weighted by molar-refractivity contribution is 0.306. The van der Waals surface area contributed by atoms with Crippen LogP contribution in [0.5, 0.6) is 5.75 Å². The van der Waals surface area contributed by atoms with Gasteiger partial charge in [0.2, 0.25) is 0 Å². The summed E-state index contributed by atoms with van der Waals surface area (Å²) in [4.78, 5) is 22.3. The van der Waals surface area contributed by atoms with Crippen molar-refractivity contribution in [2.45, 2.75) is 6.61 Å². The monoisotopic (exact) mass is 481 g/mol. The molecule has 0 atom stereocenters. The van der Waals surface area contributed by atoms with Crippen LogP contribution in [-0.4, -0.2) is 14.4 Å². The first-order chi connectivity index (χ1) is 14.6. The van der Waals surface area contributed by atoms with Crippen molar-refractivity contribution in [3.05, 3.63) is 97.1 Å². The Morgan fingerprint density at radius 1 is 1.13 bits per heavy atom. The van der Waals surface area contributed by atoms with E-state index in [1.54, 1.807) is 22.7 Å². The van der Waals surface area contributed by atoms with Gasteiger partial charge in [-0.2, -0.15) is 0 Å². The van der Waals surface area contributed by atoms with Gasteiger partial charge in [-0.25, -0.2) is 18.8 Å². The molecule has 5 rings (SSSR count). The predicted octanol–water partition coefficient (Wildman–Crippen LogP) is 4.33. The molecule has 0 N–H and O–H groups in total. The fraction of sp³-hybridized carbons (Fsp3) is 0.0455. The first-order valence-electron chi connectivity index (χ1n) is 9.02. The minimum absolute atomic E-state index is 0.135. The second-order valence-corrected chi connectivity index (χ2v) is 8.55. The summed E-state index contributed by atoms with van der Waals surface area (Å²) in [6.07, 6.45) is 3.48. The first-order valence-corrected chi connectivity index (χ1v) is 10.6. The summed E-state index contributed by atoms with van der Waals surface area (Å²) >= 11 is 4.70. The normalized spacial score (nSPS) is 12.1. The minimum Gasteiger partial charge on any atom is -0.489 e. The number of nitrogens with zero attached hydrogens (tertiary/aromatic N) is 3. The Labute approximate surface area is 182 Å². The van der Waals surface area contributed by atoms with Crippen molar-refractivity contribution in [2.75, 3.05) is 0 Å². The number of pyridine rings is 1. The Morgan fingerprint density at radius 3 is 2.67 bits per heavy atom. The van der Waals surface area contributed by atoms with Crippen molar-refractivity contribution in [1.82, 2.24) is 14.4 Å². The lowest BCUT2D eigenvalue weighted by Gasteiger charge is -2.06. The second kappa shape index (κ2) is 7.62. The zero-order chi connectivity index (χ0) is 20.7. The number of hydrogen-bond donors (Lipinski definition) is 0. The molecule has 0 saturated heterocycles. The molecule has 5 nitrogen and oxygen atoms in total. The first kappa shape index (κ1) is 18.9. The third-order valence-electron chi connectivity index (χ3n) is 4.54. The highest BCUT2D eigenvalue weighted by Crippen LogP contribution is 2.19. The summed E-state index contributed by atoms with van der Waals surface area (Å²) in [5, 5.41) is 0. The Kier molecular flexibility index (Phi) is 4.80. The van der Waals surface area contributed by atoms with E-state index in [-0.39, 0.29) is 11.4 Å². The van der Waals surface area contributed by atoms with Crippen molar-refractivity contribution >= 4 is 49.5 Å². The molecule has 0 saturated carbocycles. The molecule has 0 radical (unpaired) electrons. The number of fused-ring (bicyclic) bond motifs is 3. The number of halogens is 2. The van der Waals surface area contributed by atoms with E-state index in [4.69, 9.17) is 4.74 Å². The highest BCUT2D eigenvalue weighted by molar-refractivity contribution is 9.10. The van der Waals surface area contributed by atoms with Gasteiger partial charge in [0.1, 0.15) is 23.7 Å². The van der Waals surface area contributed by atoms with E-state index in [1.807, 2.05) is 36.4 Å². The van der Waals surface area contributed by atoms with Crippen LogP contribution in [0.1, 0.15) is 11.1 Å². The summed E-state index contributed by atoms with van der Waals surface area (Å²) in [7, 11) is 0. The van der Waals surface area contributed by atoms with E-state index in [9.17, 15) is 9.18 Å². The SMILES string of the molecule is O=c1/c(=C/c2ccc(OCc3ccc(F)cc3)cc2)sc2nc3cc(Br)cnc3n12. The van der Waals surface area contributed by atoms with Gasteiger partial charge in [0.15, 0.2) is 10.6 Å². The van der Waals surface area contributed by atoms with Gasteiger partial charge in [0.25, 0.3) is 5.56 Å². The fourth-order valence-electron chi connectivity index (χ4n) is 3.07. The number of benzene rings is 2. The average Bonchev–Trinajstić information content (AvgIpc) is 3.24. The molecule has 0 unspecified atom stereocenters. The van der Waals surface area contributed by atoms with Gasteiger partial charge in [-0.1, -0.05) is 35.6 Å². The number of aromatic nitrogens is 3. The van der Waals surface area contributed by atoms with Gasteiger partial charge >= 0.3 is 0 Å². The van der Waals surface area contributed by atoms with Crippen molar-refractivity contribution in [3.8, 4) is 5.75 Å². The third kappa shape index (κ3) is 3.59. The summed E-state index contributed by atoms with van der Waals surface area (Å²) in [6.45, 7) is 0.354. The number of thiazole rings is 1. The van der Waals surface area contributed by atoms with E-state index in [0.29, 0.717) is 33.0 Å². The molecule has 5 aromatic rings. The smallest absolute Gasteiger partial charge is 0.276 e. The van der Waals surface area contributed by atoms with Crippen LogP contribution in [0.2, 0.25) is 0 Å². The van der Waals surface area contributed by atoms with E-state index < -0.39 is 0 Å². The lowest BCUT2D eigenvalue weighted by atomic mass is 10.2. The maximum Gasteiger partial charge on any atom is 0.276 e. The van der Waals surface area contributed by atoms with Crippen molar-refractivity contribution < 1.29 is 9.13 Å². The van der Waals surface area contributed by atoms with Crippen LogP contribution in [-0.2, 0) is 6.61 Å². The van der Waals surface area contributed by atoms with Crippen LogP contribution in [0.25, 0.3) is 22.2 Å². The molecule has 0 aliphatic heterocycles. The summed E-state index contributed by atoms with van der Waals surface area (Å²) in [6, 6.07) is 15.5. The maximum atomic E-state index is 13.0. The van der Waals surface area contributed by atoms with Crippen LogP contribution >= 0.6 is 27.3 Å². The van der Waals surface area contributed by atoms with Crippen LogP contribution in [0, 0.1) is 5.82 Å². The van der Waals surface area contributed by atoms with E-state index in [0.717, 1.165) is 15.6 Å². The van der Waals surface area contributed by atoms with E-state index >= 15 is 0 Å². The van der Waals surface area contributed by atoms with Gasteiger partial charge < -0.3 is 4.74 Å². The third-order valence-corrected chi connectivity index (χ3v) is 5.95. The van der Waals surface area contributed by atoms with Gasteiger partial charge in [0.05, 0.1) is 4.53 Å². The molecule has 30 heavy (non-hydrogen) atoms. The lowest BCUT2D eigenvalue weighted by Crippen LogP contribution is -2.22. The summed E-state index contributed by atoms with van der Waals surface area (Å²) < 4.78 is 21.6. The second-order valence-electron chi connectivity index (χ2n) is 6.63. The molecular weight excluding hydrogens is 469 g/mol. The number of imidazole rings is 1. The Hall–Kier alpha value is -3.10. The highest BCUT2D eigenvalue weighted by Gasteiger charge is 2.12. The van der Waals surface area contributed by atoms with Crippen LogP contribution in [0.15, 0.2) is 70.1 Å².